The number of fused-ring (bicyclic) bond motifs is 1. The fourth-order valence-corrected chi connectivity index (χ4v) is 1.11. The number of nitrogen functional groups attached to an aromatic ring is 1. The molecule has 0 spiro atoms. The summed E-state index contributed by atoms with van der Waals surface area (Å²) in [5.74, 6) is -0.393. The maximum Gasteiger partial charge on any atom is 0.146 e. The van der Waals surface area contributed by atoms with Gasteiger partial charge < -0.3 is 5.73 Å². The van der Waals surface area contributed by atoms with E-state index in [1.54, 1.807) is 18.3 Å². The molecule has 0 saturated heterocycles. The average molecular weight is 162 g/mol. The molecule has 0 amide bonds. The Balaban J connectivity index is 2.84. The largest absolute Gasteiger partial charge is 0.396 e. The molecule has 2 rings (SSSR count). The highest BCUT2D eigenvalue weighted by Crippen LogP contribution is 2.17. The number of anilines is 1. The van der Waals surface area contributed by atoms with E-state index in [9.17, 15) is 4.39 Å². The van der Waals surface area contributed by atoms with Crippen molar-refractivity contribution in [2.45, 2.75) is 0 Å². The Labute approximate surface area is 68.8 Å². The zero-order valence-electron chi connectivity index (χ0n) is 6.29. The van der Waals surface area contributed by atoms with Crippen molar-refractivity contribution in [3.8, 4) is 0 Å². The van der Waals surface area contributed by atoms with E-state index in [1.807, 2.05) is 0 Å². The summed E-state index contributed by atoms with van der Waals surface area (Å²) in [5.41, 5.74) is 6.23. The van der Waals surface area contributed by atoms with Crippen LogP contribution in [-0.2, 0) is 0 Å². The summed E-state index contributed by atoms with van der Waals surface area (Å²) in [5, 5.41) is 0.768. The second-order valence-electron chi connectivity index (χ2n) is 2.57. The van der Waals surface area contributed by atoms with Crippen molar-refractivity contribution in [3.05, 3.63) is 36.3 Å². The molecule has 0 unspecified atom stereocenters. The van der Waals surface area contributed by atoms with Gasteiger partial charge in [0.25, 0.3) is 0 Å². The summed E-state index contributed by atoms with van der Waals surface area (Å²) >= 11 is 0. The number of halogens is 1. The number of benzene rings is 1. The van der Waals surface area contributed by atoms with Crippen molar-refractivity contribution in [3.63, 3.8) is 0 Å². The second-order valence-corrected chi connectivity index (χ2v) is 2.57. The Morgan fingerprint density at radius 1 is 1.33 bits per heavy atom. The molecule has 1 aromatic heterocycles. The first-order valence-electron chi connectivity index (χ1n) is 3.57. The Bertz CT molecular complexity index is 385. The van der Waals surface area contributed by atoms with Gasteiger partial charge in [-0.1, -0.05) is 6.07 Å². The van der Waals surface area contributed by atoms with Crippen LogP contribution in [0.4, 0.5) is 10.1 Å². The van der Waals surface area contributed by atoms with E-state index in [1.165, 1.54) is 12.1 Å². The predicted octanol–water partition coefficient (Wildman–Crippen LogP) is 1.96. The lowest BCUT2D eigenvalue weighted by Gasteiger charge is -1.98. The molecule has 0 aliphatic rings. The molecule has 0 bridgehead atoms. The van der Waals surface area contributed by atoms with E-state index in [4.69, 9.17) is 5.73 Å². The van der Waals surface area contributed by atoms with Crippen LogP contribution in [0.15, 0.2) is 30.5 Å². The molecular weight excluding hydrogens is 155 g/mol. The van der Waals surface area contributed by atoms with Crippen LogP contribution < -0.4 is 5.73 Å². The van der Waals surface area contributed by atoms with E-state index in [-0.39, 0.29) is 5.69 Å². The fourth-order valence-electron chi connectivity index (χ4n) is 1.11. The molecule has 0 saturated carbocycles. The van der Waals surface area contributed by atoms with Crippen molar-refractivity contribution >= 4 is 16.6 Å². The third-order valence-corrected chi connectivity index (χ3v) is 1.72. The van der Waals surface area contributed by atoms with Gasteiger partial charge in [-0.3, -0.25) is 4.98 Å². The van der Waals surface area contributed by atoms with Gasteiger partial charge >= 0.3 is 0 Å². The number of aromatic nitrogens is 1. The molecule has 3 heteroatoms. The van der Waals surface area contributed by atoms with Crippen LogP contribution in [0.1, 0.15) is 0 Å². The lowest BCUT2D eigenvalue weighted by molar-refractivity contribution is 0.634. The molecule has 2 N–H and O–H groups in total. The molecule has 1 heterocycles. The first kappa shape index (κ1) is 7.03. The van der Waals surface area contributed by atoms with E-state index in [0.717, 1.165) is 10.9 Å². The van der Waals surface area contributed by atoms with E-state index >= 15 is 0 Å². The number of hydrogen-bond acceptors (Lipinski definition) is 2. The zero-order chi connectivity index (χ0) is 8.55. The molecule has 0 atom stereocenters. The van der Waals surface area contributed by atoms with Crippen molar-refractivity contribution in [1.82, 2.24) is 4.98 Å². The highest BCUT2D eigenvalue weighted by Gasteiger charge is 2.00. The van der Waals surface area contributed by atoms with Gasteiger partial charge in [0.1, 0.15) is 5.82 Å². The number of pyridine rings is 1. The van der Waals surface area contributed by atoms with Crippen molar-refractivity contribution in [2.24, 2.45) is 0 Å². The predicted molar refractivity (Wildman–Crippen MR) is 46.1 cm³/mol. The number of hydrogen-bond donors (Lipinski definition) is 1. The molecule has 1 aromatic carbocycles. The summed E-state index contributed by atoms with van der Waals surface area (Å²) in [6, 6.07) is 6.48. The molecule has 60 valence electrons. The van der Waals surface area contributed by atoms with Crippen LogP contribution in [0.25, 0.3) is 10.9 Å². The highest BCUT2D eigenvalue weighted by molar-refractivity contribution is 5.81. The summed E-state index contributed by atoms with van der Waals surface area (Å²) in [6.07, 6.45) is 1.65. The minimum atomic E-state index is -0.393. The third-order valence-electron chi connectivity index (χ3n) is 1.72. The topological polar surface area (TPSA) is 38.9 Å². The maximum atomic E-state index is 12.9. The van der Waals surface area contributed by atoms with Gasteiger partial charge in [-0.2, -0.15) is 0 Å². The Morgan fingerprint density at radius 2 is 2.17 bits per heavy atom. The van der Waals surface area contributed by atoms with Gasteiger partial charge in [-0.05, 0) is 18.2 Å². The Kier molecular flexibility index (Phi) is 1.43. The summed E-state index contributed by atoms with van der Waals surface area (Å²) < 4.78 is 12.9. The summed E-state index contributed by atoms with van der Waals surface area (Å²) in [6.45, 7) is 0. The van der Waals surface area contributed by atoms with Crippen molar-refractivity contribution < 1.29 is 4.39 Å². The van der Waals surface area contributed by atoms with Gasteiger partial charge in [0.15, 0.2) is 0 Å². The van der Waals surface area contributed by atoms with E-state index < -0.39 is 5.82 Å². The molecular formula is C9H7FN2. The van der Waals surface area contributed by atoms with Crippen LogP contribution >= 0.6 is 0 Å². The summed E-state index contributed by atoms with van der Waals surface area (Å²) in [4.78, 5) is 4.04. The average Bonchev–Trinajstić information content (AvgIpc) is 2.07. The Hall–Kier alpha value is -1.64. The lowest BCUT2D eigenvalue weighted by Crippen LogP contribution is -1.90. The first-order valence-corrected chi connectivity index (χ1v) is 3.57. The zero-order valence-corrected chi connectivity index (χ0v) is 6.29. The van der Waals surface area contributed by atoms with Gasteiger partial charge in [0, 0.05) is 11.6 Å². The van der Waals surface area contributed by atoms with Gasteiger partial charge in [-0.25, -0.2) is 4.39 Å². The lowest BCUT2D eigenvalue weighted by atomic mass is 10.2. The highest BCUT2D eigenvalue weighted by atomic mass is 19.1. The number of rotatable bonds is 0. The summed E-state index contributed by atoms with van der Waals surface area (Å²) in [7, 11) is 0. The first-order chi connectivity index (χ1) is 5.77. The van der Waals surface area contributed by atoms with Crippen molar-refractivity contribution in [1.29, 1.82) is 0 Å². The molecule has 0 aliphatic heterocycles. The molecule has 12 heavy (non-hydrogen) atoms. The molecule has 0 fully saturated rings. The minimum absolute atomic E-state index is 0.140. The van der Waals surface area contributed by atoms with Crippen LogP contribution in [0.3, 0.4) is 0 Å². The number of nitrogens with two attached hydrogens (primary N) is 1. The minimum Gasteiger partial charge on any atom is -0.396 e. The van der Waals surface area contributed by atoms with Crippen LogP contribution in [0.5, 0.6) is 0 Å². The monoisotopic (exact) mass is 162 g/mol. The molecule has 2 nitrogen and oxygen atoms in total. The van der Waals surface area contributed by atoms with Crippen molar-refractivity contribution in [2.75, 3.05) is 5.73 Å². The molecule has 0 aliphatic carbocycles. The quantitative estimate of drug-likeness (QED) is 0.601. The molecule has 2 aromatic rings. The van der Waals surface area contributed by atoms with Crippen LogP contribution in [0, 0.1) is 5.82 Å². The smallest absolute Gasteiger partial charge is 0.146 e. The van der Waals surface area contributed by atoms with Crippen LogP contribution in [0.2, 0.25) is 0 Å². The molecule has 0 radical (unpaired) electrons. The number of nitrogens with zero attached hydrogens (tertiary/aromatic N) is 1. The van der Waals surface area contributed by atoms with Gasteiger partial charge in [-0.15, -0.1) is 0 Å². The van der Waals surface area contributed by atoms with E-state index in [0.29, 0.717) is 0 Å². The van der Waals surface area contributed by atoms with Gasteiger partial charge in [0.05, 0.1) is 11.2 Å². The Morgan fingerprint density at radius 3 is 3.00 bits per heavy atom. The maximum absolute atomic E-state index is 12.9. The van der Waals surface area contributed by atoms with Crippen LogP contribution in [-0.4, -0.2) is 4.98 Å². The SMILES string of the molecule is Nc1cc2ncccc2cc1F. The fraction of sp³-hybridized carbons (Fsp3) is 0. The van der Waals surface area contributed by atoms with Gasteiger partial charge in [0.2, 0.25) is 0 Å². The standard InChI is InChI=1S/C9H7FN2/c10-7-4-6-2-1-3-12-9(6)5-8(7)11/h1-5H,11H2. The normalized spacial score (nSPS) is 10.4. The second kappa shape index (κ2) is 2.44. The third kappa shape index (κ3) is 0.993. The van der Waals surface area contributed by atoms with E-state index in [2.05, 4.69) is 4.98 Å².